The van der Waals surface area contributed by atoms with Gasteiger partial charge in [0.05, 0.1) is 0 Å². The van der Waals surface area contributed by atoms with Gasteiger partial charge in [-0.3, -0.25) is 0 Å². The number of nitrogens with two attached hydrogens (primary N) is 2. The molecule has 96 valence electrons. The standard InChI is InChI=1S/C6H6.C2H6.2CH5N.3CH4/c1-2-4-6-5-3-1;3*1-2;;;/h1-6H;1-2H3;2*2H2,1H3;3*1H4. The predicted octanol–water partition coefficient (Wildman–Crippen LogP) is 3.77. The van der Waals surface area contributed by atoms with Gasteiger partial charge >= 0.3 is 0 Å². The Morgan fingerprint density at radius 1 is 0.467 bits per heavy atom. The van der Waals surface area contributed by atoms with Gasteiger partial charge in [0, 0.05) is 0 Å². The summed E-state index contributed by atoms with van der Waals surface area (Å²) in [5, 5.41) is 0. The van der Waals surface area contributed by atoms with Crippen LogP contribution in [-0.4, -0.2) is 14.1 Å². The van der Waals surface area contributed by atoms with Crippen molar-refractivity contribution in [2.75, 3.05) is 14.1 Å². The zero-order valence-electron chi connectivity index (χ0n) is 8.62. The number of benzene rings is 1. The molecule has 4 N–H and O–H groups in total. The molecule has 0 aliphatic rings. The molecule has 0 bridgehead atoms. The van der Waals surface area contributed by atoms with Crippen molar-refractivity contribution >= 4 is 0 Å². The Labute approximate surface area is 98.7 Å². The first-order chi connectivity index (χ1) is 6.00. The summed E-state index contributed by atoms with van der Waals surface area (Å²) >= 11 is 0. The van der Waals surface area contributed by atoms with Crippen LogP contribution in [0.1, 0.15) is 36.1 Å². The zero-order valence-corrected chi connectivity index (χ0v) is 8.62. The SMILES string of the molecule is C.C.C.CC.CN.CN.c1ccccc1. The summed E-state index contributed by atoms with van der Waals surface area (Å²) in [6.07, 6.45) is 0. The summed E-state index contributed by atoms with van der Waals surface area (Å²) in [5.74, 6) is 0. The Kier molecular flexibility index (Phi) is 180. The second-order valence-electron chi connectivity index (χ2n) is 1.15. The molecule has 0 aliphatic carbocycles. The number of hydrogen-bond donors (Lipinski definition) is 2. The lowest BCUT2D eigenvalue weighted by atomic mass is 10.4. The van der Waals surface area contributed by atoms with Crippen molar-refractivity contribution in [1.82, 2.24) is 0 Å². The second kappa shape index (κ2) is 73.3. The van der Waals surface area contributed by atoms with Crippen LogP contribution < -0.4 is 11.5 Å². The van der Waals surface area contributed by atoms with E-state index in [9.17, 15) is 0 Å². The molecule has 0 spiro atoms. The van der Waals surface area contributed by atoms with E-state index in [-0.39, 0.29) is 22.3 Å². The van der Waals surface area contributed by atoms with Crippen molar-refractivity contribution < 1.29 is 0 Å². The van der Waals surface area contributed by atoms with E-state index in [1.54, 1.807) is 0 Å². The fourth-order valence-electron chi connectivity index (χ4n) is 0.385. The van der Waals surface area contributed by atoms with E-state index in [0.29, 0.717) is 0 Å². The van der Waals surface area contributed by atoms with Gasteiger partial charge < -0.3 is 11.5 Å². The minimum Gasteiger partial charge on any atom is -0.333 e. The molecule has 0 unspecified atom stereocenters. The Hall–Kier alpha value is -0.860. The highest BCUT2D eigenvalue weighted by Gasteiger charge is 1.57. The molecular formula is C13H34N2. The molecule has 0 amide bonds. The molecule has 1 aromatic rings. The van der Waals surface area contributed by atoms with Crippen molar-refractivity contribution in [3.63, 3.8) is 0 Å². The molecule has 0 saturated carbocycles. The molecule has 1 rings (SSSR count). The van der Waals surface area contributed by atoms with Crippen LogP contribution in [0.25, 0.3) is 0 Å². The van der Waals surface area contributed by atoms with Gasteiger partial charge in [0.25, 0.3) is 0 Å². The summed E-state index contributed by atoms with van der Waals surface area (Å²) < 4.78 is 0. The minimum atomic E-state index is 0. The highest BCUT2D eigenvalue weighted by atomic mass is 14.4. The highest BCUT2D eigenvalue weighted by molar-refractivity contribution is 4.99. The molecule has 0 saturated heterocycles. The third kappa shape index (κ3) is 61.7. The normalized spacial score (nSPS) is 4.40. The van der Waals surface area contributed by atoms with Gasteiger partial charge in [-0.25, -0.2) is 0 Å². The molecular weight excluding hydrogens is 184 g/mol. The largest absolute Gasteiger partial charge is 0.333 e. The molecule has 2 heteroatoms. The second-order valence-corrected chi connectivity index (χ2v) is 1.15. The first-order valence-corrected chi connectivity index (χ1v) is 4.15. The summed E-state index contributed by atoms with van der Waals surface area (Å²) in [6, 6.07) is 12.0. The van der Waals surface area contributed by atoms with Gasteiger partial charge in [-0.1, -0.05) is 72.5 Å². The van der Waals surface area contributed by atoms with Gasteiger partial charge in [0.2, 0.25) is 0 Å². The first kappa shape index (κ1) is 36.8. The Morgan fingerprint density at radius 2 is 0.533 bits per heavy atom. The van der Waals surface area contributed by atoms with E-state index >= 15 is 0 Å². The van der Waals surface area contributed by atoms with Crippen LogP contribution in [-0.2, 0) is 0 Å². The highest BCUT2D eigenvalue weighted by Crippen LogP contribution is 1.79. The van der Waals surface area contributed by atoms with Crippen LogP contribution in [0.4, 0.5) is 0 Å². The number of hydrogen-bond acceptors (Lipinski definition) is 2. The third-order valence-electron chi connectivity index (χ3n) is 0.667. The van der Waals surface area contributed by atoms with Crippen molar-refractivity contribution in [2.45, 2.75) is 36.1 Å². The van der Waals surface area contributed by atoms with Gasteiger partial charge in [0.1, 0.15) is 0 Å². The van der Waals surface area contributed by atoms with Gasteiger partial charge in [-0.15, -0.1) is 0 Å². The Balaban J connectivity index is -0.0000000202. The van der Waals surface area contributed by atoms with E-state index in [4.69, 9.17) is 0 Å². The Morgan fingerprint density at radius 3 is 0.600 bits per heavy atom. The lowest BCUT2D eigenvalue weighted by Gasteiger charge is -1.69. The molecule has 2 nitrogen and oxygen atoms in total. The molecule has 0 atom stereocenters. The average molecular weight is 218 g/mol. The molecule has 15 heavy (non-hydrogen) atoms. The van der Waals surface area contributed by atoms with Crippen molar-refractivity contribution in [1.29, 1.82) is 0 Å². The van der Waals surface area contributed by atoms with E-state index in [1.807, 2.05) is 50.2 Å². The van der Waals surface area contributed by atoms with Crippen molar-refractivity contribution in [3.05, 3.63) is 36.4 Å². The molecule has 0 radical (unpaired) electrons. The monoisotopic (exact) mass is 218 g/mol. The fourth-order valence-corrected chi connectivity index (χ4v) is 0.385. The maximum atomic E-state index is 4.50. The lowest BCUT2D eigenvalue weighted by Crippen LogP contribution is -1.69. The van der Waals surface area contributed by atoms with E-state index < -0.39 is 0 Å². The first-order valence-electron chi connectivity index (χ1n) is 4.15. The minimum absolute atomic E-state index is 0. The molecule has 0 aromatic heterocycles. The maximum absolute atomic E-state index is 4.50. The summed E-state index contributed by atoms with van der Waals surface area (Å²) in [4.78, 5) is 0. The van der Waals surface area contributed by atoms with Crippen LogP contribution in [0.3, 0.4) is 0 Å². The Bertz CT molecular complexity index is 80.5. The van der Waals surface area contributed by atoms with Crippen LogP contribution in [0, 0.1) is 0 Å². The van der Waals surface area contributed by atoms with Crippen molar-refractivity contribution in [2.24, 2.45) is 11.5 Å². The molecule has 1 aromatic carbocycles. The van der Waals surface area contributed by atoms with Crippen LogP contribution >= 0.6 is 0 Å². The maximum Gasteiger partial charge on any atom is -0.0195 e. The average Bonchev–Trinajstić information content (AvgIpc) is 2.29. The lowest BCUT2D eigenvalue weighted by molar-refractivity contribution is 1.48. The zero-order chi connectivity index (χ0) is 10.2. The van der Waals surface area contributed by atoms with Crippen LogP contribution in [0.5, 0.6) is 0 Å². The number of rotatable bonds is 0. The molecule has 0 aliphatic heterocycles. The van der Waals surface area contributed by atoms with E-state index in [1.165, 1.54) is 14.1 Å². The molecule has 0 fully saturated rings. The van der Waals surface area contributed by atoms with Gasteiger partial charge in [0.15, 0.2) is 0 Å². The topological polar surface area (TPSA) is 52.0 Å². The third-order valence-corrected chi connectivity index (χ3v) is 0.667. The predicted molar refractivity (Wildman–Crippen MR) is 78.2 cm³/mol. The fraction of sp³-hybridized carbons (Fsp3) is 0.538. The van der Waals surface area contributed by atoms with Crippen LogP contribution in [0.15, 0.2) is 36.4 Å². The smallest absolute Gasteiger partial charge is 0.0195 e. The van der Waals surface area contributed by atoms with Crippen molar-refractivity contribution in [3.8, 4) is 0 Å². The summed E-state index contributed by atoms with van der Waals surface area (Å²) in [7, 11) is 3.00. The summed E-state index contributed by atoms with van der Waals surface area (Å²) in [5.41, 5.74) is 9.00. The van der Waals surface area contributed by atoms with Gasteiger partial charge in [-0.2, -0.15) is 0 Å². The van der Waals surface area contributed by atoms with Gasteiger partial charge in [-0.05, 0) is 14.1 Å². The van der Waals surface area contributed by atoms with Crippen LogP contribution in [0.2, 0.25) is 0 Å². The quantitative estimate of drug-likeness (QED) is 0.696. The van der Waals surface area contributed by atoms with E-state index in [0.717, 1.165) is 0 Å². The summed E-state index contributed by atoms with van der Waals surface area (Å²) in [6.45, 7) is 4.00. The van der Waals surface area contributed by atoms with E-state index in [2.05, 4.69) is 11.5 Å². The molecule has 0 heterocycles.